The van der Waals surface area contributed by atoms with E-state index < -0.39 is 17.4 Å². The van der Waals surface area contributed by atoms with Gasteiger partial charge in [0.25, 0.3) is 0 Å². The Morgan fingerprint density at radius 3 is 2.47 bits per heavy atom. The van der Waals surface area contributed by atoms with Crippen LogP contribution in [0.5, 0.6) is 5.75 Å². The first-order valence-electron chi connectivity index (χ1n) is 4.83. The minimum atomic E-state index is -1.16. The molecular weight excluding hydrogens is 200 g/mol. The van der Waals surface area contributed by atoms with Crippen LogP contribution in [-0.4, -0.2) is 30.6 Å². The zero-order valence-electron chi connectivity index (χ0n) is 8.93. The standard InChI is InChI=1S/C11H15F2NO/c1-14(2)7-3-4-8-5-6-9(15)11(13)10(8)12/h5-6,15H,3-4,7H2,1-2H3. The van der Waals surface area contributed by atoms with Crippen LogP contribution in [0.2, 0.25) is 0 Å². The van der Waals surface area contributed by atoms with Gasteiger partial charge in [-0.05, 0) is 45.1 Å². The Kier molecular flexibility index (Phi) is 4.03. The van der Waals surface area contributed by atoms with Crippen LogP contribution in [0.1, 0.15) is 12.0 Å². The van der Waals surface area contributed by atoms with Gasteiger partial charge >= 0.3 is 0 Å². The van der Waals surface area contributed by atoms with Gasteiger partial charge < -0.3 is 10.0 Å². The van der Waals surface area contributed by atoms with Crippen molar-refractivity contribution in [1.82, 2.24) is 4.90 Å². The number of phenolic OH excluding ortho intramolecular Hbond substituents is 1. The molecule has 0 fully saturated rings. The van der Waals surface area contributed by atoms with Gasteiger partial charge in [-0.25, -0.2) is 4.39 Å². The summed E-state index contributed by atoms with van der Waals surface area (Å²) in [4.78, 5) is 1.98. The van der Waals surface area contributed by atoms with Crippen LogP contribution in [0.4, 0.5) is 8.78 Å². The van der Waals surface area contributed by atoms with E-state index in [0.29, 0.717) is 12.0 Å². The third-order valence-corrected chi connectivity index (χ3v) is 2.19. The smallest absolute Gasteiger partial charge is 0.200 e. The van der Waals surface area contributed by atoms with Crippen LogP contribution in [0, 0.1) is 11.6 Å². The summed E-state index contributed by atoms with van der Waals surface area (Å²) in [6.07, 6.45) is 1.23. The summed E-state index contributed by atoms with van der Waals surface area (Å²) < 4.78 is 26.2. The molecule has 1 N–H and O–H groups in total. The molecule has 2 nitrogen and oxygen atoms in total. The van der Waals surface area contributed by atoms with E-state index in [9.17, 15) is 8.78 Å². The molecule has 0 bridgehead atoms. The van der Waals surface area contributed by atoms with Gasteiger partial charge in [-0.3, -0.25) is 0 Å². The number of hydrogen-bond donors (Lipinski definition) is 1. The van der Waals surface area contributed by atoms with E-state index in [4.69, 9.17) is 5.11 Å². The Labute approximate surface area is 88.1 Å². The number of halogens is 2. The average molecular weight is 215 g/mol. The predicted molar refractivity (Wildman–Crippen MR) is 54.9 cm³/mol. The summed E-state index contributed by atoms with van der Waals surface area (Å²) >= 11 is 0. The van der Waals surface area contributed by atoms with E-state index in [-0.39, 0.29) is 0 Å². The highest BCUT2D eigenvalue weighted by atomic mass is 19.2. The number of nitrogens with zero attached hydrogens (tertiary/aromatic N) is 1. The maximum atomic E-state index is 13.2. The van der Waals surface area contributed by atoms with Crippen molar-refractivity contribution in [1.29, 1.82) is 0 Å². The maximum Gasteiger partial charge on any atom is 0.200 e. The first kappa shape index (κ1) is 11.9. The highest BCUT2D eigenvalue weighted by Gasteiger charge is 2.12. The predicted octanol–water partition coefficient (Wildman–Crippen LogP) is 2.16. The second-order valence-electron chi connectivity index (χ2n) is 3.78. The molecule has 0 amide bonds. The van der Waals surface area contributed by atoms with E-state index in [0.717, 1.165) is 13.0 Å². The van der Waals surface area contributed by atoms with Crippen molar-refractivity contribution in [3.63, 3.8) is 0 Å². The van der Waals surface area contributed by atoms with Gasteiger partial charge in [0.1, 0.15) is 0 Å². The molecule has 4 heteroatoms. The van der Waals surface area contributed by atoms with Crippen molar-refractivity contribution in [2.75, 3.05) is 20.6 Å². The maximum absolute atomic E-state index is 13.2. The van der Waals surface area contributed by atoms with Gasteiger partial charge in [0, 0.05) is 0 Å². The van der Waals surface area contributed by atoms with Crippen LogP contribution in [0.25, 0.3) is 0 Å². The number of aromatic hydroxyl groups is 1. The third-order valence-electron chi connectivity index (χ3n) is 2.19. The highest BCUT2D eigenvalue weighted by Crippen LogP contribution is 2.21. The van der Waals surface area contributed by atoms with Gasteiger partial charge in [0.15, 0.2) is 11.6 Å². The van der Waals surface area contributed by atoms with Crippen molar-refractivity contribution in [3.8, 4) is 5.75 Å². The van der Waals surface area contributed by atoms with Crippen LogP contribution in [0.15, 0.2) is 12.1 Å². The highest BCUT2D eigenvalue weighted by molar-refractivity contribution is 5.29. The minimum absolute atomic E-state index is 0.312. The SMILES string of the molecule is CN(C)CCCc1ccc(O)c(F)c1F. The molecule has 0 aromatic heterocycles. The second kappa shape index (κ2) is 5.07. The molecule has 0 aliphatic carbocycles. The van der Waals surface area contributed by atoms with Crippen LogP contribution >= 0.6 is 0 Å². The van der Waals surface area contributed by atoms with Crippen molar-refractivity contribution in [3.05, 3.63) is 29.3 Å². The monoisotopic (exact) mass is 215 g/mol. The molecule has 0 atom stereocenters. The molecular formula is C11H15F2NO. The Hall–Kier alpha value is -1.16. The molecule has 0 aliphatic rings. The molecule has 0 heterocycles. The van der Waals surface area contributed by atoms with E-state index >= 15 is 0 Å². The van der Waals surface area contributed by atoms with E-state index in [2.05, 4.69) is 0 Å². The van der Waals surface area contributed by atoms with Crippen molar-refractivity contribution in [2.45, 2.75) is 12.8 Å². The lowest BCUT2D eigenvalue weighted by atomic mass is 10.1. The summed E-state index contributed by atoms with van der Waals surface area (Å²) in [5, 5.41) is 8.91. The molecule has 0 saturated carbocycles. The lowest BCUT2D eigenvalue weighted by Crippen LogP contribution is -2.13. The van der Waals surface area contributed by atoms with E-state index in [1.807, 2.05) is 19.0 Å². The van der Waals surface area contributed by atoms with Gasteiger partial charge in [-0.2, -0.15) is 4.39 Å². The molecule has 15 heavy (non-hydrogen) atoms. The fourth-order valence-corrected chi connectivity index (χ4v) is 1.36. The average Bonchev–Trinajstić information content (AvgIpc) is 2.18. The number of aryl methyl sites for hydroxylation is 1. The zero-order chi connectivity index (χ0) is 11.4. The van der Waals surface area contributed by atoms with Gasteiger partial charge in [0.2, 0.25) is 5.82 Å². The van der Waals surface area contributed by atoms with Gasteiger partial charge in [-0.1, -0.05) is 6.07 Å². The molecule has 84 valence electrons. The topological polar surface area (TPSA) is 23.5 Å². The Morgan fingerprint density at radius 1 is 1.20 bits per heavy atom. The molecule has 1 rings (SSSR count). The largest absolute Gasteiger partial charge is 0.505 e. The number of rotatable bonds is 4. The van der Waals surface area contributed by atoms with Gasteiger partial charge in [-0.15, -0.1) is 0 Å². The molecule has 0 unspecified atom stereocenters. The molecule has 0 aliphatic heterocycles. The number of benzene rings is 1. The summed E-state index contributed by atoms with van der Waals surface area (Å²) in [6, 6.07) is 2.60. The lowest BCUT2D eigenvalue weighted by molar-refractivity contribution is 0.391. The quantitative estimate of drug-likeness (QED) is 0.832. The number of phenols is 1. The zero-order valence-corrected chi connectivity index (χ0v) is 8.93. The van der Waals surface area contributed by atoms with E-state index in [1.165, 1.54) is 12.1 Å². The Bertz CT molecular complexity index is 340. The van der Waals surface area contributed by atoms with Crippen LogP contribution in [-0.2, 0) is 6.42 Å². The van der Waals surface area contributed by atoms with Crippen molar-refractivity contribution in [2.24, 2.45) is 0 Å². The van der Waals surface area contributed by atoms with Gasteiger partial charge in [0.05, 0.1) is 0 Å². The number of hydrogen-bond acceptors (Lipinski definition) is 2. The molecule has 0 saturated heterocycles. The summed E-state index contributed by atoms with van der Waals surface area (Å²) in [7, 11) is 3.85. The van der Waals surface area contributed by atoms with Crippen molar-refractivity contribution < 1.29 is 13.9 Å². The van der Waals surface area contributed by atoms with Crippen molar-refractivity contribution >= 4 is 0 Å². The Balaban J connectivity index is 2.66. The fourth-order valence-electron chi connectivity index (χ4n) is 1.36. The first-order valence-corrected chi connectivity index (χ1v) is 4.83. The normalized spacial score (nSPS) is 11.0. The summed E-state index contributed by atoms with van der Waals surface area (Å²) in [5.41, 5.74) is 0.312. The minimum Gasteiger partial charge on any atom is -0.505 e. The first-order chi connectivity index (χ1) is 7.02. The fraction of sp³-hybridized carbons (Fsp3) is 0.455. The lowest BCUT2D eigenvalue weighted by Gasteiger charge is -2.09. The molecule has 0 spiro atoms. The molecule has 1 aromatic carbocycles. The van der Waals surface area contributed by atoms with Crippen LogP contribution < -0.4 is 0 Å². The Morgan fingerprint density at radius 2 is 1.87 bits per heavy atom. The summed E-state index contributed by atoms with van der Waals surface area (Å²) in [6.45, 7) is 0.821. The van der Waals surface area contributed by atoms with Crippen LogP contribution in [0.3, 0.4) is 0 Å². The second-order valence-corrected chi connectivity index (χ2v) is 3.78. The van der Waals surface area contributed by atoms with E-state index in [1.54, 1.807) is 0 Å². The molecule has 0 radical (unpaired) electrons. The summed E-state index contributed by atoms with van der Waals surface area (Å²) in [5.74, 6) is -2.73. The third kappa shape index (κ3) is 3.16. The molecule has 1 aromatic rings.